The fourth-order valence-corrected chi connectivity index (χ4v) is 2.98. The highest BCUT2D eigenvalue weighted by Gasteiger charge is 2.24. The first-order valence-electron chi connectivity index (χ1n) is 7.33. The van der Waals surface area contributed by atoms with Crippen molar-refractivity contribution >= 4 is 17.5 Å². The molecular formula is C16H23ClN2O. The lowest BCUT2D eigenvalue weighted by molar-refractivity contribution is -0.132. The molecule has 0 bridgehead atoms. The number of amides is 1. The van der Waals surface area contributed by atoms with Crippen LogP contribution in [0.4, 0.5) is 0 Å². The summed E-state index contributed by atoms with van der Waals surface area (Å²) < 4.78 is 0. The van der Waals surface area contributed by atoms with Gasteiger partial charge in [-0.05, 0) is 24.5 Å². The summed E-state index contributed by atoms with van der Waals surface area (Å²) in [5.74, 6) is 0.245. The highest BCUT2D eigenvalue weighted by molar-refractivity contribution is 6.31. The number of carbonyl (C=O) groups is 1. The van der Waals surface area contributed by atoms with Crippen LogP contribution in [0, 0.1) is 0 Å². The molecule has 0 spiro atoms. The smallest absolute Gasteiger partial charge is 0.222 e. The molecule has 1 aromatic rings. The Kier molecular flexibility index (Phi) is 5.44. The first-order chi connectivity index (χ1) is 9.61. The van der Waals surface area contributed by atoms with E-state index in [2.05, 4.69) is 11.0 Å². The van der Waals surface area contributed by atoms with Gasteiger partial charge in [-0.1, -0.05) is 36.7 Å². The summed E-state index contributed by atoms with van der Waals surface area (Å²) in [5, 5.41) is 0.841. The maximum absolute atomic E-state index is 11.7. The summed E-state index contributed by atoms with van der Waals surface area (Å²) >= 11 is 6.20. The van der Waals surface area contributed by atoms with Gasteiger partial charge in [0.05, 0.1) is 0 Å². The van der Waals surface area contributed by atoms with Crippen LogP contribution in [0.25, 0.3) is 0 Å². The van der Waals surface area contributed by atoms with E-state index in [-0.39, 0.29) is 5.91 Å². The van der Waals surface area contributed by atoms with Crippen LogP contribution in [0.2, 0.25) is 5.02 Å². The number of halogens is 1. The molecule has 1 heterocycles. The zero-order chi connectivity index (χ0) is 14.5. The molecule has 4 heteroatoms. The highest BCUT2D eigenvalue weighted by Crippen LogP contribution is 2.21. The third kappa shape index (κ3) is 3.74. The van der Waals surface area contributed by atoms with Gasteiger partial charge in [-0.15, -0.1) is 0 Å². The lowest BCUT2D eigenvalue weighted by atomic mass is 10.0. The molecule has 3 nitrogen and oxygen atoms in total. The number of hydrogen-bond acceptors (Lipinski definition) is 2. The van der Waals surface area contributed by atoms with E-state index in [9.17, 15) is 4.79 Å². The van der Waals surface area contributed by atoms with E-state index in [1.54, 1.807) is 0 Å². The fourth-order valence-electron chi connectivity index (χ4n) is 2.79. The molecule has 0 N–H and O–H groups in total. The van der Waals surface area contributed by atoms with Crippen molar-refractivity contribution in [3.63, 3.8) is 0 Å². The molecule has 2 rings (SSSR count). The number of rotatable bonds is 4. The van der Waals surface area contributed by atoms with Gasteiger partial charge in [0.15, 0.2) is 0 Å². The van der Waals surface area contributed by atoms with Crippen LogP contribution >= 0.6 is 11.6 Å². The van der Waals surface area contributed by atoms with Crippen molar-refractivity contribution in [2.75, 3.05) is 20.1 Å². The van der Waals surface area contributed by atoms with E-state index in [1.807, 2.05) is 37.1 Å². The first kappa shape index (κ1) is 15.3. The second-order valence-corrected chi connectivity index (χ2v) is 5.86. The van der Waals surface area contributed by atoms with Crippen molar-refractivity contribution in [3.05, 3.63) is 34.9 Å². The van der Waals surface area contributed by atoms with Crippen LogP contribution in [-0.4, -0.2) is 41.9 Å². The second kappa shape index (κ2) is 7.09. The Hall–Kier alpha value is -1.06. The molecule has 0 saturated carbocycles. The summed E-state index contributed by atoms with van der Waals surface area (Å²) in [6, 6.07) is 8.41. The number of carbonyl (C=O) groups excluding carboxylic acids is 1. The average molecular weight is 295 g/mol. The first-order valence-corrected chi connectivity index (χ1v) is 7.71. The number of benzene rings is 1. The number of nitrogens with zero attached hydrogens (tertiary/aromatic N) is 2. The van der Waals surface area contributed by atoms with Gasteiger partial charge in [0.25, 0.3) is 0 Å². The Morgan fingerprint density at radius 1 is 1.35 bits per heavy atom. The van der Waals surface area contributed by atoms with Crippen molar-refractivity contribution in [3.8, 4) is 0 Å². The quantitative estimate of drug-likeness (QED) is 0.851. The average Bonchev–Trinajstić information content (AvgIpc) is 2.49. The molecule has 1 amide bonds. The second-order valence-electron chi connectivity index (χ2n) is 5.46. The van der Waals surface area contributed by atoms with E-state index in [4.69, 9.17) is 11.6 Å². The SMILES string of the molecule is CCC(=O)N(C)C1CCN(Cc2ccccc2Cl)CC1. The number of piperidine rings is 1. The molecule has 20 heavy (non-hydrogen) atoms. The van der Waals surface area contributed by atoms with Gasteiger partial charge in [-0.3, -0.25) is 9.69 Å². The standard InChI is InChI=1S/C16H23ClN2O/c1-3-16(20)18(2)14-8-10-19(11-9-14)12-13-6-4-5-7-15(13)17/h4-7,14H,3,8-12H2,1-2H3. The zero-order valence-corrected chi connectivity index (χ0v) is 13.1. The monoisotopic (exact) mass is 294 g/mol. The van der Waals surface area contributed by atoms with Gasteiger partial charge < -0.3 is 4.90 Å². The molecule has 1 aliphatic rings. The van der Waals surface area contributed by atoms with Gasteiger partial charge in [0.1, 0.15) is 0 Å². The zero-order valence-electron chi connectivity index (χ0n) is 12.3. The van der Waals surface area contributed by atoms with Crippen molar-refractivity contribution in [1.29, 1.82) is 0 Å². The third-order valence-electron chi connectivity index (χ3n) is 4.15. The van der Waals surface area contributed by atoms with E-state index in [1.165, 1.54) is 5.56 Å². The predicted octanol–water partition coefficient (Wildman–Crippen LogP) is 3.17. The highest BCUT2D eigenvalue weighted by atomic mass is 35.5. The van der Waals surface area contributed by atoms with Crippen LogP contribution in [0.3, 0.4) is 0 Å². The maximum Gasteiger partial charge on any atom is 0.222 e. The molecule has 0 unspecified atom stereocenters. The van der Waals surface area contributed by atoms with Gasteiger partial charge in [0, 0.05) is 44.2 Å². The predicted molar refractivity (Wildman–Crippen MR) is 82.8 cm³/mol. The van der Waals surface area contributed by atoms with Crippen LogP contribution < -0.4 is 0 Å². The van der Waals surface area contributed by atoms with Gasteiger partial charge in [-0.2, -0.15) is 0 Å². The molecule has 1 saturated heterocycles. The Morgan fingerprint density at radius 2 is 2.00 bits per heavy atom. The summed E-state index contributed by atoms with van der Waals surface area (Å²) in [7, 11) is 1.93. The van der Waals surface area contributed by atoms with E-state index >= 15 is 0 Å². The van der Waals surface area contributed by atoms with E-state index in [0.29, 0.717) is 12.5 Å². The van der Waals surface area contributed by atoms with Crippen molar-refractivity contribution in [2.45, 2.75) is 38.8 Å². The Balaban J connectivity index is 1.86. The lowest BCUT2D eigenvalue weighted by Gasteiger charge is -2.36. The Morgan fingerprint density at radius 3 is 2.60 bits per heavy atom. The van der Waals surface area contributed by atoms with Crippen molar-refractivity contribution in [1.82, 2.24) is 9.80 Å². The fraction of sp³-hybridized carbons (Fsp3) is 0.562. The number of hydrogen-bond donors (Lipinski definition) is 0. The lowest BCUT2D eigenvalue weighted by Crippen LogP contribution is -2.45. The summed E-state index contributed by atoms with van der Waals surface area (Å²) in [6.07, 6.45) is 2.69. The van der Waals surface area contributed by atoms with Crippen LogP contribution in [-0.2, 0) is 11.3 Å². The molecule has 1 fully saturated rings. The molecule has 110 valence electrons. The summed E-state index contributed by atoms with van der Waals surface area (Å²) in [5.41, 5.74) is 1.19. The van der Waals surface area contributed by atoms with Gasteiger partial charge >= 0.3 is 0 Å². The van der Waals surface area contributed by atoms with Crippen LogP contribution in [0.15, 0.2) is 24.3 Å². The molecule has 0 aliphatic carbocycles. The Bertz CT molecular complexity index is 456. The third-order valence-corrected chi connectivity index (χ3v) is 4.52. The topological polar surface area (TPSA) is 23.6 Å². The molecule has 1 aromatic carbocycles. The minimum atomic E-state index is 0.245. The van der Waals surface area contributed by atoms with Crippen LogP contribution in [0.5, 0.6) is 0 Å². The minimum absolute atomic E-state index is 0.245. The molecule has 1 aliphatic heterocycles. The van der Waals surface area contributed by atoms with E-state index in [0.717, 1.165) is 37.5 Å². The molecule has 0 radical (unpaired) electrons. The maximum atomic E-state index is 11.7. The van der Waals surface area contributed by atoms with Gasteiger partial charge in [0.2, 0.25) is 5.91 Å². The van der Waals surface area contributed by atoms with E-state index < -0.39 is 0 Å². The Labute approximate surface area is 126 Å². The summed E-state index contributed by atoms with van der Waals surface area (Å²) in [6.45, 7) is 4.87. The number of likely N-dealkylation sites (tertiary alicyclic amines) is 1. The normalized spacial score (nSPS) is 17.1. The molecule has 0 atom stereocenters. The largest absolute Gasteiger partial charge is 0.343 e. The van der Waals surface area contributed by atoms with Crippen molar-refractivity contribution in [2.24, 2.45) is 0 Å². The van der Waals surface area contributed by atoms with Gasteiger partial charge in [-0.25, -0.2) is 0 Å². The molecule has 0 aromatic heterocycles. The molecular weight excluding hydrogens is 272 g/mol. The minimum Gasteiger partial charge on any atom is -0.343 e. The van der Waals surface area contributed by atoms with Crippen LogP contribution in [0.1, 0.15) is 31.7 Å². The summed E-state index contributed by atoms with van der Waals surface area (Å²) in [4.78, 5) is 16.1. The van der Waals surface area contributed by atoms with Crippen molar-refractivity contribution < 1.29 is 4.79 Å².